The van der Waals surface area contributed by atoms with Crippen LogP contribution in [0.3, 0.4) is 0 Å². The molecule has 0 unspecified atom stereocenters. The van der Waals surface area contributed by atoms with Gasteiger partial charge in [0.05, 0.1) is 17.6 Å². The van der Waals surface area contributed by atoms with Gasteiger partial charge in [-0.3, -0.25) is 14.9 Å². The van der Waals surface area contributed by atoms with Crippen molar-refractivity contribution in [1.82, 2.24) is 0 Å². The summed E-state index contributed by atoms with van der Waals surface area (Å²) in [5.74, 6) is 3.93. The Bertz CT molecular complexity index is 599. The van der Waals surface area contributed by atoms with Crippen LogP contribution in [0.5, 0.6) is 0 Å². The Labute approximate surface area is 111 Å². The van der Waals surface area contributed by atoms with E-state index in [9.17, 15) is 28.1 Å². The second kappa shape index (κ2) is 6.06. The van der Waals surface area contributed by atoms with Gasteiger partial charge < -0.3 is 4.74 Å². The topological polar surface area (TPSA) is 69.4 Å². The number of hydrogen-bond acceptors (Lipinski definition) is 4. The van der Waals surface area contributed by atoms with Crippen molar-refractivity contribution in [1.29, 1.82) is 0 Å². The predicted octanol–water partition coefficient (Wildman–Crippen LogP) is 2.53. The number of nitrogens with zero attached hydrogens (tertiary/aromatic N) is 1. The van der Waals surface area contributed by atoms with Crippen molar-refractivity contribution >= 4 is 11.7 Å². The van der Waals surface area contributed by atoms with E-state index in [0.29, 0.717) is 12.1 Å². The Kier molecular flexibility index (Phi) is 4.69. The van der Waals surface area contributed by atoms with Crippen molar-refractivity contribution in [2.45, 2.75) is 12.6 Å². The molecule has 0 aliphatic carbocycles. The number of rotatable bonds is 2. The van der Waals surface area contributed by atoms with Crippen LogP contribution in [0.2, 0.25) is 0 Å². The molecule has 0 bridgehead atoms. The highest BCUT2D eigenvalue weighted by Gasteiger charge is 2.32. The summed E-state index contributed by atoms with van der Waals surface area (Å²) < 4.78 is 41.6. The van der Waals surface area contributed by atoms with Gasteiger partial charge in [0, 0.05) is 6.07 Å². The summed E-state index contributed by atoms with van der Waals surface area (Å²) in [5.41, 5.74) is -2.10. The van der Waals surface area contributed by atoms with Crippen LogP contribution in [-0.4, -0.2) is 18.0 Å². The number of alkyl halides is 3. The maximum absolute atomic E-state index is 12.4. The van der Waals surface area contributed by atoms with Gasteiger partial charge in [-0.15, -0.1) is 0 Å². The molecule has 0 fully saturated rings. The molecule has 0 radical (unpaired) electrons. The monoisotopic (exact) mass is 287 g/mol. The molecule has 1 aromatic rings. The summed E-state index contributed by atoms with van der Waals surface area (Å²) in [7, 11) is 1.14. The number of carbonyl (C=O) groups is 1. The average molecular weight is 287 g/mol. The van der Waals surface area contributed by atoms with Gasteiger partial charge in [0.1, 0.15) is 12.0 Å². The molecule has 1 rings (SSSR count). The van der Waals surface area contributed by atoms with Gasteiger partial charge in [-0.2, -0.15) is 13.2 Å². The lowest BCUT2D eigenvalue weighted by atomic mass is 10.1. The number of carbonyl (C=O) groups excluding carboxylic acids is 1. The van der Waals surface area contributed by atoms with Crippen molar-refractivity contribution in [3.8, 4) is 11.8 Å². The van der Waals surface area contributed by atoms with E-state index < -0.39 is 28.3 Å². The molecule has 0 heterocycles. The number of nitro benzene ring substituents is 1. The Morgan fingerprint density at radius 1 is 1.45 bits per heavy atom. The van der Waals surface area contributed by atoms with Gasteiger partial charge in [-0.1, -0.05) is 11.8 Å². The van der Waals surface area contributed by atoms with E-state index in [2.05, 4.69) is 16.6 Å². The second-order valence-corrected chi connectivity index (χ2v) is 3.54. The molecule has 106 valence electrons. The first-order valence-corrected chi connectivity index (χ1v) is 5.17. The molecular weight excluding hydrogens is 279 g/mol. The number of methoxy groups -OCH3 is 1. The number of ether oxygens (including phenoxy) is 1. The van der Waals surface area contributed by atoms with Crippen molar-refractivity contribution in [2.24, 2.45) is 0 Å². The number of esters is 1. The van der Waals surface area contributed by atoms with E-state index in [-0.39, 0.29) is 12.0 Å². The zero-order chi connectivity index (χ0) is 15.3. The van der Waals surface area contributed by atoms with Crippen LogP contribution in [0.15, 0.2) is 18.2 Å². The summed E-state index contributed by atoms with van der Waals surface area (Å²) in [6.45, 7) is 0. The minimum Gasteiger partial charge on any atom is -0.468 e. The molecule has 0 atom stereocenters. The fraction of sp³-hybridized carbons (Fsp3) is 0.250. The number of hydrogen-bond donors (Lipinski definition) is 0. The third-order valence-corrected chi connectivity index (χ3v) is 2.21. The van der Waals surface area contributed by atoms with Gasteiger partial charge in [-0.05, 0) is 12.1 Å². The molecule has 0 aromatic heterocycles. The Morgan fingerprint density at radius 2 is 2.10 bits per heavy atom. The Hall–Kier alpha value is -2.56. The molecule has 0 saturated carbocycles. The lowest BCUT2D eigenvalue weighted by Crippen LogP contribution is -2.06. The molecule has 0 spiro atoms. The second-order valence-electron chi connectivity index (χ2n) is 3.54. The predicted molar refractivity (Wildman–Crippen MR) is 61.6 cm³/mol. The van der Waals surface area contributed by atoms with E-state index >= 15 is 0 Å². The van der Waals surface area contributed by atoms with Crippen molar-refractivity contribution in [3.05, 3.63) is 39.4 Å². The molecular formula is C12H8F3NO4. The van der Waals surface area contributed by atoms with Crippen LogP contribution in [0.1, 0.15) is 17.5 Å². The molecule has 8 heteroatoms. The summed E-state index contributed by atoms with van der Waals surface area (Å²) >= 11 is 0. The molecule has 0 aliphatic rings. The maximum Gasteiger partial charge on any atom is 0.416 e. The number of benzene rings is 1. The number of nitro groups is 1. The van der Waals surface area contributed by atoms with E-state index in [0.717, 1.165) is 13.2 Å². The number of halogens is 3. The highest BCUT2D eigenvalue weighted by atomic mass is 19.4. The van der Waals surface area contributed by atoms with Crippen LogP contribution < -0.4 is 0 Å². The van der Waals surface area contributed by atoms with E-state index in [1.165, 1.54) is 0 Å². The molecule has 0 aliphatic heterocycles. The summed E-state index contributed by atoms with van der Waals surface area (Å²) in [5, 5.41) is 10.7. The first-order valence-electron chi connectivity index (χ1n) is 5.17. The summed E-state index contributed by atoms with van der Waals surface area (Å²) in [6, 6.07) is 1.99. The first-order chi connectivity index (χ1) is 9.25. The lowest BCUT2D eigenvalue weighted by Gasteiger charge is -2.06. The van der Waals surface area contributed by atoms with E-state index in [4.69, 9.17) is 0 Å². The van der Waals surface area contributed by atoms with E-state index in [1.54, 1.807) is 0 Å². The highest BCUT2D eigenvalue weighted by molar-refractivity contribution is 5.72. The summed E-state index contributed by atoms with van der Waals surface area (Å²) in [4.78, 5) is 20.6. The zero-order valence-corrected chi connectivity index (χ0v) is 10.2. The van der Waals surface area contributed by atoms with Gasteiger partial charge >= 0.3 is 12.1 Å². The largest absolute Gasteiger partial charge is 0.468 e. The highest BCUT2D eigenvalue weighted by Crippen LogP contribution is 2.32. The van der Waals surface area contributed by atoms with Crippen molar-refractivity contribution < 1.29 is 27.6 Å². The van der Waals surface area contributed by atoms with Gasteiger partial charge in [0.25, 0.3) is 5.69 Å². The van der Waals surface area contributed by atoms with Gasteiger partial charge in [0.15, 0.2) is 0 Å². The minimum absolute atomic E-state index is 0.202. The standard InChI is InChI=1S/C12H8F3NO4/c1-20-11(17)4-2-3-8-5-6-9(12(13,14)15)7-10(8)16(18)19/h5-7H,4H2,1H3. The van der Waals surface area contributed by atoms with Crippen molar-refractivity contribution in [2.75, 3.05) is 7.11 Å². The lowest BCUT2D eigenvalue weighted by molar-refractivity contribution is -0.385. The summed E-state index contributed by atoms with van der Waals surface area (Å²) in [6.07, 6.45) is -4.99. The van der Waals surface area contributed by atoms with Crippen molar-refractivity contribution in [3.63, 3.8) is 0 Å². The van der Waals surface area contributed by atoms with Crippen LogP contribution in [-0.2, 0) is 15.7 Å². The molecule has 0 saturated heterocycles. The van der Waals surface area contributed by atoms with Crippen LogP contribution >= 0.6 is 0 Å². The molecule has 1 aromatic carbocycles. The normalized spacial score (nSPS) is 10.4. The Morgan fingerprint density at radius 3 is 2.60 bits per heavy atom. The molecule has 0 amide bonds. The fourth-order valence-corrected chi connectivity index (χ4v) is 1.25. The van der Waals surface area contributed by atoms with E-state index in [1.807, 2.05) is 0 Å². The zero-order valence-electron chi connectivity index (χ0n) is 10.2. The third kappa shape index (κ3) is 3.98. The fourth-order valence-electron chi connectivity index (χ4n) is 1.25. The minimum atomic E-state index is -4.68. The molecule has 0 N–H and O–H groups in total. The van der Waals surface area contributed by atoms with Crippen LogP contribution in [0.4, 0.5) is 18.9 Å². The Balaban J connectivity index is 3.15. The molecule has 5 nitrogen and oxygen atoms in total. The maximum atomic E-state index is 12.4. The SMILES string of the molecule is COC(=O)CC#Cc1ccc(C(F)(F)F)cc1[N+](=O)[O-]. The van der Waals surface area contributed by atoms with Gasteiger partial charge in [0.2, 0.25) is 0 Å². The quantitative estimate of drug-likeness (QED) is 0.363. The first kappa shape index (κ1) is 15.5. The van der Waals surface area contributed by atoms with Crippen LogP contribution in [0, 0.1) is 22.0 Å². The van der Waals surface area contributed by atoms with Crippen LogP contribution in [0.25, 0.3) is 0 Å². The smallest absolute Gasteiger partial charge is 0.416 e. The third-order valence-electron chi connectivity index (χ3n) is 2.21. The van der Waals surface area contributed by atoms with Gasteiger partial charge in [-0.25, -0.2) is 0 Å². The average Bonchev–Trinajstić information content (AvgIpc) is 2.37. The molecule has 20 heavy (non-hydrogen) atoms.